The maximum absolute atomic E-state index is 13.6. The Labute approximate surface area is 198 Å². The lowest BCUT2D eigenvalue weighted by Gasteiger charge is -2.16. The van der Waals surface area contributed by atoms with E-state index in [0.29, 0.717) is 16.8 Å². The molecule has 0 fully saturated rings. The number of methoxy groups -OCH3 is 1. The molecule has 0 radical (unpaired) electrons. The normalized spacial score (nSPS) is 13.6. The first-order valence-electron chi connectivity index (χ1n) is 11.1. The minimum Gasteiger partial charge on any atom is -0.497 e. The van der Waals surface area contributed by atoms with Crippen molar-refractivity contribution in [3.05, 3.63) is 113 Å². The van der Waals surface area contributed by atoms with Crippen LogP contribution in [0.2, 0.25) is 0 Å². The van der Waals surface area contributed by atoms with Crippen LogP contribution in [0.5, 0.6) is 5.75 Å². The van der Waals surface area contributed by atoms with Crippen molar-refractivity contribution in [3.63, 3.8) is 0 Å². The van der Waals surface area contributed by atoms with Gasteiger partial charge in [0, 0.05) is 11.1 Å². The molecule has 0 unspecified atom stereocenters. The van der Waals surface area contributed by atoms with Gasteiger partial charge in [0.1, 0.15) is 11.4 Å². The second-order valence-corrected chi connectivity index (χ2v) is 8.31. The van der Waals surface area contributed by atoms with Crippen molar-refractivity contribution in [2.24, 2.45) is 0 Å². The average molecular weight is 449 g/mol. The number of carbonyl (C=O) groups is 2. The molecular formula is C29H24N2O3. The van der Waals surface area contributed by atoms with Crippen LogP contribution < -0.4 is 10.1 Å². The standard InChI is InChI=1S/C29H24N2O3/c1-19-10-14-22(15-11-19)26-27(30-25-9-5-7-21-6-3-4-8-24(21)25)29(33)31(28(26)32)18-20-12-16-23(34-2)17-13-20/h3-17,30H,18H2,1-2H3. The topological polar surface area (TPSA) is 58.6 Å². The van der Waals surface area contributed by atoms with E-state index in [1.165, 1.54) is 4.90 Å². The minimum atomic E-state index is -0.343. The van der Waals surface area contributed by atoms with Gasteiger partial charge in [-0.25, -0.2) is 0 Å². The first kappa shape index (κ1) is 21.5. The van der Waals surface area contributed by atoms with E-state index in [9.17, 15) is 9.59 Å². The summed E-state index contributed by atoms with van der Waals surface area (Å²) in [5, 5.41) is 5.34. The molecule has 168 valence electrons. The Bertz CT molecular complexity index is 1410. The van der Waals surface area contributed by atoms with Gasteiger partial charge in [-0.15, -0.1) is 0 Å². The molecule has 5 nitrogen and oxygen atoms in total. The number of fused-ring (bicyclic) bond motifs is 1. The fourth-order valence-corrected chi connectivity index (χ4v) is 4.21. The highest BCUT2D eigenvalue weighted by Crippen LogP contribution is 2.33. The predicted octanol–water partition coefficient (Wildman–Crippen LogP) is 5.55. The fourth-order valence-electron chi connectivity index (χ4n) is 4.21. The van der Waals surface area contributed by atoms with E-state index in [2.05, 4.69) is 5.32 Å². The zero-order valence-electron chi connectivity index (χ0n) is 19.0. The summed E-state index contributed by atoms with van der Waals surface area (Å²) < 4.78 is 5.22. The lowest BCUT2D eigenvalue weighted by atomic mass is 10.0. The Kier molecular flexibility index (Phi) is 5.60. The van der Waals surface area contributed by atoms with Crippen molar-refractivity contribution in [2.45, 2.75) is 13.5 Å². The van der Waals surface area contributed by atoms with Gasteiger partial charge in [-0.05, 0) is 41.6 Å². The Balaban J connectivity index is 1.56. The number of nitrogens with zero attached hydrogens (tertiary/aromatic N) is 1. The molecule has 1 N–H and O–H groups in total. The van der Waals surface area contributed by atoms with Crippen LogP contribution >= 0.6 is 0 Å². The molecule has 5 heteroatoms. The van der Waals surface area contributed by atoms with Gasteiger partial charge >= 0.3 is 0 Å². The molecule has 0 saturated carbocycles. The van der Waals surface area contributed by atoms with Gasteiger partial charge in [0.15, 0.2) is 0 Å². The Morgan fingerprint density at radius 3 is 2.24 bits per heavy atom. The third-order valence-corrected chi connectivity index (χ3v) is 6.06. The van der Waals surface area contributed by atoms with Gasteiger partial charge in [-0.3, -0.25) is 14.5 Å². The highest BCUT2D eigenvalue weighted by atomic mass is 16.5. The number of hydrogen-bond donors (Lipinski definition) is 1. The summed E-state index contributed by atoms with van der Waals surface area (Å²) >= 11 is 0. The number of hydrogen-bond acceptors (Lipinski definition) is 4. The summed E-state index contributed by atoms with van der Waals surface area (Å²) in [6.45, 7) is 2.17. The van der Waals surface area contributed by atoms with E-state index in [1.807, 2.05) is 97.9 Å². The number of carbonyl (C=O) groups excluding carboxylic acids is 2. The Morgan fingerprint density at radius 1 is 0.794 bits per heavy atom. The van der Waals surface area contributed by atoms with Crippen LogP contribution in [-0.4, -0.2) is 23.8 Å². The minimum absolute atomic E-state index is 0.178. The van der Waals surface area contributed by atoms with Gasteiger partial charge in [0.2, 0.25) is 0 Å². The third kappa shape index (κ3) is 3.92. The largest absolute Gasteiger partial charge is 0.497 e. The summed E-state index contributed by atoms with van der Waals surface area (Å²) in [6, 6.07) is 28.9. The smallest absolute Gasteiger partial charge is 0.278 e. The van der Waals surface area contributed by atoms with Crippen molar-refractivity contribution in [2.75, 3.05) is 12.4 Å². The van der Waals surface area contributed by atoms with E-state index in [1.54, 1.807) is 7.11 Å². The number of nitrogens with one attached hydrogen (secondary N) is 1. The molecule has 0 aliphatic carbocycles. The van der Waals surface area contributed by atoms with Crippen molar-refractivity contribution in [3.8, 4) is 5.75 Å². The molecule has 34 heavy (non-hydrogen) atoms. The number of amides is 2. The fraction of sp³-hybridized carbons (Fsp3) is 0.103. The molecular weight excluding hydrogens is 424 g/mol. The molecule has 0 spiro atoms. The van der Waals surface area contributed by atoms with Gasteiger partial charge in [0.05, 0.1) is 19.2 Å². The molecule has 2 amide bonds. The maximum Gasteiger partial charge on any atom is 0.278 e. The second kappa shape index (κ2) is 8.87. The highest BCUT2D eigenvalue weighted by Gasteiger charge is 2.39. The molecule has 4 aromatic rings. The van der Waals surface area contributed by atoms with Crippen LogP contribution in [0.25, 0.3) is 16.3 Å². The van der Waals surface area contributed by atoms with Crippen LogP contribution in [0.3, 0.4) is 0 Å². The lowest BCUT2D eigenvalue weighted by molar-refractivity contribution is -0.137. The van der Waals surface area contributed by atoms with Crippen molar-refractivity contribution >= 4 is 33.8 Å². The third-order valence-electron chi connectivity index (χ3n) is 6.06. The lowest BCUT2D eigenvalue weighted by Crippen LogP contribution is -2.32. The average Bonchev–Trinajstić information content (AvgIpc) is 3.09. The molecule has 1 aliphatic heterocycles. The summed E-state index contributed by atoms with van der Waals surface area (Å²) in [4.78, 5) is 28.5. The number of ether oxygens (including phenoxy) is 1. The number of benzene rings is 4. The van der Waals surface area contributed by atoms with Crippen LogP contribution in [0.4, 0.5) is 5.69 Å². The first-order chi connectivity index (χ1) is 16.5. The quantitative estimate of drug-likeness (QED) is 0.393. The van der Waals surface area contributed by atoms with E-state index in [0.717, 1.165) is 33.3 Å². The molecule has 4 aromatic carbocycles. The van der Waals surface area contributed by atoms with Crippen LogP contribution in [-0.2, 0) is 16.1 Å². The SMILES string of the molecule is COc1ccc(CN2C(=O)C(Nc3cccc4ccccc34)=C(c3ccc(C)cc3)C2=O)cc1. The van der Waals surface area contributed by atoms with Gasteiger partial charge in [0.25, 0.3) is 11.8 Å². The zero-order chi connectivity index (χ0) is 23.7. The number of rotatable bonds is 6. The Morgan fingerprint density at radius 2 is 1.50 bits per heavy atom. The van der Waals surface area contributed by atoms with Crippen LogP contribution in [0, 0.1) is 6.92 Å². The molecule has 0 atom stereocenters. The molecule has 0 aromatic heterocycles. The van der Waals surface area contributed by atoms with E-state index < -0.39 is 0 Å². The van der Waals surface area contributed by atoms with Gasteiger partial charge < -0.3 is 10.1 Å². The molecule has 1 heterocycles. The van der Waals surface area contributed by atoms with Crippen molar-refractivity contribution in [1.82, 2.24) is 4.90 Å². The number of anilines is 1. The van der Waals surface area contributed by atoms with Crippen molar-refractivity contribution in [1.29, 1.82) is 0 Å². The highest BCUT2D eigenvalue weighted by molar-refractivity contribution is 6.36. The van der Waals surface area contributed by atoms with E-state index in [-0.39, 0.29) is 18.4 Å². The first-order valence-corrected chi connectivity index (χ1v) is 11.1. The Hall–Kier alpha value is -4.38. The van der Waals surface area contributed by atoms with Crippen molar-refractivity contribution < 1.29 is 14.3 Å². The molecule has 1 aliphatic rings. The molecule has 0 bridgehead atoms. The van der Waals surface area contributed by atoms with Crippen LogP contribution in [0.1, 0.15) is 16.7 Å². The maximum atomic E-state index is 13.6. The van der Waals surface area contributed by atoms with E-state index >= 15 is 0 Å². The van der Waals surface area contributed by atoms with Gasteiger partial charge in [-0.1, -0.05) is 78.4 Å². The predicted molar refractivity (Wildman–Crippen MR) is 134 cm³/mol. The summed E-state index contributed by atoms with van der Waals surface area (Å²) in [7, 11) is 1.60. The summed E-state index contributed by atoms with van der Waals surface area (Å²) in [5.74, 6) is 0.0661. The monoisotopic (exact) mass is 448 g/mol. The van der Waals surface area contributed by atoms with Crippen LogP contribution in [0.15, 0.2) is 96.7 Å². The molecule has 0 saturated heterocycles. The van der Waals surface area contributed by atoms with Gasteiger partial charge in [-0.2, -0.15) is 0 Å². The van der Waals surface area contributed by atoms with E-state index in [4.69, 9.17) is 4.74 Å². The number of imide groups is 1. The second-order valence-electron chi connectivity index (χ2n) is 8.31. The summed E-state index contributed by atoms with van der Waals surface area (Å²) in [5.41, 5.74) is 4.09. The number of aryl methyl sites for hydroxylation is 1. The summed E-state index contributed by atoms with van der Waals surface area (Å²) in [6.07, 6.45) is 0. The zero-order valence-corrected chi connectivity index (χ0v) is 19.0. The molecule has 5 rings (SSSR count).